The summed E-state index contributed by atoms with van der Waals surface area (Å²) in [5.41, 5.74) is 0. The second kappa shape index (κ2) is 77.2. The summed E-state index contributed by atoms with van der Waals surface area (Å²) in [5, 5.41) is 0. The van der Waals surface area contributed by atoms with Crippen molar-refractivity contribution in [3.8, 4) is 0 Å². The molecule has 0 heterocycles. The second-order valence-electron chi connectivity index (χ2n) is 26.3. The van der Waals surface area contributed by atoms with Gasteiger partial charge >= 0.3 is 19.8 Å². The summed E-state index contributed by atoms with van der Waals surface area (Å²) in [6.07, 6.45) is 124. The molecule has 0 aliphatic rings. The van der Waals surface area contributed by atoms with Gasteiger partial charge in [0.15, 0.2) is 6.10 Å². The maximum Gasteiger partial charge on any atom is 0.472 e. The molecular weight excluding hydrogens is 1250 g/mol. The number of likely N-dealkylation sites (N-methyl/N-ethyl adjacent to an activating group) is 1. The first kappa shape index (κ1) is 94.1. The Hall–Kier alpha value is -5.93. The molecule has 100 heavy (non-hydrogen) atoms. The van der Waals surface area contributed by atoms with Crippen LogP contribution in [-0.4, -0.2) is 74.9 Å². The number of rotatable bonds is 69. The number of carbonyl (C=O) groups excluding carboxylic acids is 2. The summed E-state index contributed by atoms with van der Waals surface area (Å²) in [5.74, 6) is -0.832. The van der Waals surface area contributed by atoms with Crippen molar-refractivity contribution < 1.29 is 42.1 Å². The number of phosphoric ester groups is 1. The molecule has 0 radical (unpaired) electrons. The average molecular weight is 1400 g/mol. The van der Waals surface area contributed by atoms with Crippen LogP contribution in [0.1, 0.15) is 271 Å². The summed E-state index contributed by atoms with van der Waals surface area (Å²) in [7, 11) is 1.44. The van der Waals surface area contributed by atoms with E-state index in [1.807, 2.05) is 21.1 Å². The van der Waals surface area contributed by atoms with Crippen molar-refractivity contribution in [2.24, 2.45) is 0 Å². The van der Waals surface area contributed by atoms with Gasteiger partial charge in [0, 0.05) is 12.8 Å². The Labute approximate surface area is 613 Å². The standard InChI is InChI=1S/C90H142NO8P/c1-6-8-10-12-14-16-18-20-22-24-26-28-30-32-34-36-38-40-42-44-45-47-48-50-52-54-56-58-60-62-64-66-68-70-72-74-76-78-80-82-89(92)96-86-88(87-98-100(94,95)97-85-84-91(3,4)5)99-90(93)83-81-79-77-75-73-71-69-67-65-63-61-59-57-55-53-51-49-46-43-41-39-37-35-33-31-29-27-25-23-21-19-17-15-13-11-9-7-2/h8-11,14-17,20-23,26-29,32-35,38-41,44-46,48-50,53-56,59,61,65,67,88H,6-7,12-13,18-19,24-25,30-31,36-37,42-43,47,51-52,57-58,60,62-64,66,68-87H2,1-5H3/p+1/b10-8-,11-9-,16-14-,17-15-,22-20-,23-21-,28-26-,29-27-,34-32-,35-33-,40-38-,41-39-,45-44-,49-46-,50-48-,55-53-,56-54-,61-59-,67-65-. The van der Waals surface area contributed by atoms with Crippen molar-refractivity contribution in [2.45, 2.75) is 277 Å². The molecule has 0 aliphatic carbocycles. The number of hydrogen-bond acceptors (Lipinski definition) is 7. The number of carbonyl (C=O) groups is 2. The summed E-state index contributed by atoms with van der Waals surface area (Å²) in [6, 6.07) is 0. The Morgan fingerprint density at radius 3 is 0.800 bits per heavy atom. The highest BCUT2D eigenvalue weighted by atomic mass is 31.2. The molecule has 2 atom stereocenters. The van der Waals surface area contributed by atoms with Gasteiger partial charge in [-0.05, 0) is 161 Å². The van der Waals surface area contributed by atoms with Gasteiger partial charge in [-0.1, -0.05) is 328 Å². The van der Waals surface area contributed by atoms with Crippen molar-refractivity contribution in [2.75, 3.05) is 47.5 Å². The van der Waals surface area contributed by atoms with Gasteiger partial charge in [-0.2, -0.15) is 0 Å². The molecule has 10 heteroatoms. The van der Waals surface area contributed by atoms with Gasteiger partial charge in [-0.15, -0.1) is 0 Å². The van der Waals surface area contributed by atoms with Crippen LogP contribution >= 0.6 is 7.82 Å². The Bertz CT molecular complexity index is 2550. The number of unbranched alkanes of at least 4 members (excludes halogenated alkanes) is 17. The first-order valence-corrected chi connectivity index (χ1v) is 40.6. The molecule has 1 N–H and O–H groups in total. The SMILES string of the molecule is CC/C=C\C/C=C\C/C=C\C/C=C\C/C=C\C/C=C\C/C=C\C/C=C\C/C=C\C/C=C\CCCCCCCCC(=O)OC(COC(=O)CCCCCCCCCCCCC/C=C\C/C=C\C/C=C\C/C=C\C/C=C\C/C=C\C/C=C\C/C=C\C/C=C\CC)COP(=O)(O)OCC[N+](C)(C)C. The average Bonchev–Trinajstić information content (AvgIpc) is 1.02. The molecule has 0 aliphatic heterocycles. The number of ether oxygens (including phenoxy) is 2. The first-order valence-electron chi connectivity index (χ1n) is 39.1. The molecular formula is C90H143NO8P+. The minimum absolute atomic E-state index is 0.0161. The quantitative estimate of drug-likeness (QED) is 0.0211. The number of allylic oxidation sites excluding steroid dienone is 38. The van der Waals surface area contributed by atoms with E-state index < -0.39 is 26.5 Å². The van der Waals surface area contributed by atoms with Crippen molar-refractivity contribution in [3.05, 3.63) is 231 Å². The van der Waals surface area contributed by atoms with Gasteiger partial charge in [0.2, 0.25) is 0 Å². The highest BCUT2D eigenvalue weighted by Gasteiger charge is 2.27. The fourth-order valence-corrected chi connectivity index (χ4v) is 10.5. The van der Waals surface area contributed by atoms with E-state index in [0.717, 1.165) is 193 Å². The van der Waals surface area contributed by atoms with Crippen LogP contribution in [0.2, 0.25) is 0 Å². The monoisotopic (exact) mass is 1400 g/mol. The third-order valence-electron chi connectivity index (χ3n) is 15.7. The summed E-state index contributed by atoms with van der Waals surface area (Å²) < 4.78 is 34.8. The lowest BCUT2D eigenvalue weighted by atomic mass is 10.0. The molecule has 0 aromatic rings. The van der Waals surface area contributed by atoms with Gasteiger partial charge in [0.1, 0.15) is 19.8 Å². The van der Waals surface area contributed by atoms with Crippen LogP contribution in [0.4, 0.5) is 0 Å². The van der Waals surface area contributed by atoms with Gasteiger partial charge in [-0.3, -0.25) is 18.6 Å². The Kier molecular flexibility index (Phi) is 72.7. The van der Waals surface area contributed by atoms with Crippen LogP contribution in [0.25, 0.3) is 0 Å². The molecule has 560 valence electrons. The maximum absolute atomic E-state index is 12.9. The summed E-state index contributed by atoms with van der Waals surface area (Å²) in [4.78, 5) is 36.0. The number of nitrogens with zero attached hydrogens (tertiary/aromatic N) is 1. The normalized spacial score (nSPS) is 14.3. The van der Waals surface area contributed by atoms with E-state index in [2.05, 4.69) is 245 Å². The fraction of sp³-hybridized carbons (Fsp3) is 0.556. The highest BCUT2D eigenvalue weighted by Crippen LogP contribution is 2.43. The Morgan fingerprint density at radius 2 is 0.540 bits per heavy atom. The third kappa shape index (κ3) is 81.0. The van der Waals surface area contributed by atoms with E-state index in [1.54, 1.807) is 0 Å². The van der Waals surface area contributed by atoms with Crippen molar-refractivity contribution in [1.82, 2.24) is 0 Å². The van der Waals surface area contributed by atoms with Crippen molar-refractivity contribution in [1.29, 1.82) is 0 Å². The molecule has 0 aromatic carbocycles. The van der Waals surface area contributed by atoms with Crippen LogP contribution in [-0.2, 0) is 32.7 Å². The molecule has 9 nitrogen and oxygen atoms in total. The Morgan fingerprint density at radius 1 is 0.310 bits per heavy atom. The van der Waals surface area contributed by atoms with E-state index in [1.165, 1.54) is 44.9 Å². The van der Waals surface area contributed by atoms with E-state index in [4.69, 9.17) is 18.5 Å². The Balaban J connectivity index is 4.14. The van der Waals surface area contributed by atoms with Crippen molar-refractivity contribution >= 4 is 19.8 Å². The smallest absolute Gasteiger partial charge is 0.462 e. The zero-order valence-electron chi connectivity index (χ0n) is 63.8. The number of esters is 2. The van der Waals surface area contributed by atoms with Crippen LogP contribution in [0.5, 0.6) is 0 Å². The topological polar surface area (TPSA) is 108 Å². The molecule has 0 fully saturated rings. The van der Waals surface area contributed by atoms with Crippen LogP contribution in [0, 0.1) is 0 Å². The lowest BCUT2D eigenvalue weighted by molar-refractivity contribution is -0.870. The molecule has 0 spiro atoms. The minimum atomic E-state index is -4.42. The molecule has 0 saturated heterocycles. The zero-order valence-corrected chi connectivity index (χ0v) is 64.7. The minimum Gasteiger partial charge on any atom is -0.462 e. The molecule has 0 bridgehead atoms. The largest absolute Gasteiger partial charge is 0.472 e. The first-order chi connectivity index (χ1) is 49.0. The summed E-state index contributed by atoms with van der Waals surface area (Å²) in [6.45, 7) is 4.16. The van der Waals surface area contributed by atoms with E-state index in [9.17, 15) is 19.0 Å². The molecule has 0 aromatic heterocycles. The summed E-state index contributed by atoms with van der Waals surface area (Å²) >= 11 is 0. The maximum atomic E-state index is 12.9. The molecule has 0 saturated carbocycles. The van der Waals surface area contributed by atoms with Gasteiger partial charge in [-0.25, -0.2) is 4.57 Å². The van der Waals surface area contributed by atoms with Gasteiger partial charge in [0.25, 0.3) is 0 Å². The van der Waals surface area contributed by atoms with Gasteiger partial charge in [0.05, 0.1) is 27.7 Å². The van der Waals surface area contributed by atoms with E-state index in [0.29, 0.717) is 17.4 Å². The van der Waals surface area contributed by atoms with E-state index in [-0.39, 0.29) is 32.0 Å². The van der Waals surface area contributed by atoms with Crippen LogP contribution in [0.3, 0.4) is 0 Å². The fourth-order valence-electron chi connectivity index (χ4n) is 9.80. The number of hydrogen-bond donors (Lipinski definition) is 1. The zero-order chi connectivity index (χ0) is 72.5. The van der Waals surface area contributed by atoms with Crippen LogP contribution in [0.15, 0.2) is 231 Å². The van der Waals surface area contributed by atoms with E-state index >= 15 is 0 Å². The van der Waals surface area contributed by atoms with Crippen molar-refractivity contribution in [3.63, 3.8) is 0 Å². The van der Waals surface area contributed by atoms with Crippen LogP contribution < -0.4 is 0 Å². The third-order valence-corrected chi connectivity index (χ3v) is 16.7. The second-order valence-corrected chi connectivity index (χ2v) is 27.7. The highest BCUT2D eigenvalue weighted by molar-refractivity contribution is 7.47. The molecule has 2 unspecified atom stereocenters. The predicted octanol–water partition coefficient (Wildman–Crippen LogP) is 26.5. The predicted molar refractivity (Wildman–Crippen MR) is 435 cm³/mol. The van der Waals surface area contributed by atoms with Gasteiger partial charge < -0.3 is 18.9 Å². The molecule has 0 rings (SSSR count). The number of quaternary nitrogens is 1. The number of phosphoric acid groups is 1. The lowest BCUT2D eigenvalue weighted by Crippen LogP contribution is -2.37. The lowest BCUT2D eigenvalue weighted by Gasteiger charge is -2.24. The molecule has 0 amide bonds.